The summed E-state index contributed by atoms with van der Waals surface area (Å²) in [6.45, 7) is 17.8. The second-order valence-electron chi connectivity index (χ2n) is 7.69. The molecule has 1 aliphatic carbocycles. The molecule has 0 aromatic heterocycles. The fraction of sp³-hybridized carbons (Fsp3) is 0.923. The molecule has 1 rings (SSSR count). The standard InChI is InChI=1S/C10H20O4.C7H17NO2.C6H12N.C2H6.CH4S.W/c11-4-5-12-6-7-13-8-9-14-10-2-1-3-10;1-7(2)8-3-5-10-6-4-9;1-6(2)4-3-5-7;2*1-2;/h10-11H,1-9H2;7-9H,3-6H2,1-2H3;3-4,6-7H,5H2,1-2H3;1-2H3;2H,1H3;/q;;-1;;;/b;;4-3+;;;. The van der Waals surface area contributed by atoms with Crippen LogP contribution in [0, 0.1) is 5.92 Å². The molecule has 0 atom stereocenters. The maximum absolute atomic E-state index is 8.42. The van der Waals surface area contributed by atoms with Crippen molar-refractivity contribution in [2.75, 3.05) is 78.8 Å². The third-order valence-electron chi connectivity index (χ3n) is 3.91. The molecule has 0 spiro atoms. The summed E-state index contributed by atoms with van der Waals surface area (Å²) in [4.78, 5) is 0. The SMILES string of the molecule is CC.CC(C)/C=C/C[NH-].CC(C)NCCOCCO.CS.OCCOCCOCCOC1CCC1.[W]. The molecular weight excluding hydrogens is 652 g/mol. The number of ether oxygens (including phenoxy) is 4. The minimum absolute atomic E-state index is 0. The molecule has 1 aliphatic rings. The van der Waals surface area contributed by atoms with Gasteiger partial charge in [-0.2, -0.15) is 12.6 Å². The third-order valence-corrected chi connectivity index (χ3v) is 3.91. The van der Waals surface area contributed by atoms with E-state index in [0.717, 1.165) is 6.54 Å². The van der Waals surface area contributed by atoms with E-state index in [-0.39, 0.29) is 34.3 Å². The fourth-order valence-corrected chi connectivity index (χ4v) is 2.12. The van der Waals surface area contributed by atoms with Crippen LogP contribution in [0.15, 0.2) is 12.2 Å². The number of aliphatic hydroxyl groups excluding tert-OH is 2. The van der Waals surface area contributed by atoms with Crippen molar-refractivity contribution in [2.24, 2.45) is 5.92 Å². The first-order valence-corrected chi connectivity index (χ1v) is 13.9. The Morgan fingerprint density at radius 1 is 0.861 bits per heavy atom. The summed E-state index contributed by atoms with van der Waals surface area (Å²) < 4.78 is 20.8. The van der Waals surface area contributed by atoms with Gasteiger partial charge in [0.25, 0.3) is 0 Å². The molecule has 0 unspecified atom stereocenters. The predicted octanol–water partition coefficient (Wildman–Crippen LogP) is 4.39. The van der Waals surface area contributed by atoms with Gasteiger partial charge in [-0.25, -0.2) is 0 Å². The van der Waals surface area contributed by atoms with Gasteiger partial charge in [0, 0.05) is 33.7 Å². The number of aliphatic hydroxyl groups is 2. The monoisotopic (exact) mass is 711 g/mol. The molecule has 1 fully saturated rings. The van der Waals surface area contributed by atoms with Crippen LogP contribution < -0.4 is 5.32 Å². The molecule has 0 saturated heterocycles. The summed E-state index contributed by atoms with van der Waals surface area (Å²) in [5.74, 6) is 0.602. The van der Waals surface area contributed by atoms with Crippen molar-refractivity contribution < 1.29 is 50.2 Å². The van der Waals surface area contributed by atoms with Crippen LogP contribution in [-0.2, 0) is 40.0 Å². The molecule has 222 valence electrons. The summed E-state index contributed by atoms with van der Waals surface area (Å²) in [5.41, 5.74) is 6.71. The number of allylic oxidation sites excluding steroid dienone is 1. The summed E-state index contributed by atoms with van der Waals surface area (Å²) in [6.07, 6.45) is 9.81. The summed E-state index contributed by atoms with van der Waals surface area (Å²) in [6, 6.07) is 0.512. The van der Waals surface area contributed by atoms with Crippen molar-refractivity contribution in [2.45, 2.75) is 73.0 Å². The van der Waals surface area contributed by atoms with E-state index in [0.29, 0.717) is 70.9 Å². The molecule has 0 amide bonds. The zero-order chi connectivity index (χ0) is 27.6. The zero-order valence-corrected chi connectivity index (χ0v) is 28.0. The van der Waals surface area contributed by atoms with Crippen LogP contribution >= 0.6 is 12.6 Å². The van der Waals surface area contributed by atoms with Crippen LogP contribution in [0.25, 0.3) is 5.73 Å². The van der Waals surface area contributed by atoms with Gasteiger partial charge in [-0.1, -0.05) is 47.6 Å². The molecule has 0 aromatic rings. The second-order valence-corrected chi connectivity index (χ2v) is 7.69. The number of hydrogen-bond acceptors (Lipinski definition) is 8. The number of rotatable bonds is 17. The largest absolute Gasteiger partial charge is 0.674 e. The summed E-state index contributed by atoms with van der Waals surface area (Å²) >= 11 is 3.53. The first kappa shape index (κ1) is 46.3. The van der Waals surface area contributed by atoms with Gasteiger partial charge in [-0.05, 0) is 31.4 Å². The Bertz CT molecular complexity index is 367. The van der Waals surface area contributed by atoms with Crippen molar-refractivity contribution in [1.29, 1.82) is 0 Å². The molecule has 8 nitrogen and oxygen atoms in total. The van der Waals surface area contributed by atoms with E-state index in [2.05, 4.69) is 45.6 Å². The molecule has 0 bridgehead atoms. The van der Waals surface area contributed by atoms with Crippen LogP contribution in [0.4, 0.5) is 0 Å². The van der Waals surface area contributed by atoms with Crippen molar-refractivity contribution in [3.63, 3.8) is 0 Å². The molecule has 0 radical (unpaired) electrons. The second kappa shape index (κ2) is 45.4. The first-order valence-electron chi connectivity index (χ1n) is 13.0. The van der Waals surface area contributed by atoms with Crippen LogP contribution in [0.5, 0.6) is 0 Å². The molecule has 0 aromatic carbocycles. The summed E-state index contributed by atoms with van der Waals surface area (Å²) in [5, 5.41) is 19.9. The fourth-order valence-electron chi connectivity index (χ4n) is 2.12. The molecule has 0 heterocycles. The Morgan fingerprint density at radius 3 is 1.69 bits per heavy atom. The van der Waals surface area contributed by atoms with Crippen molar-refractivity contribution in [3.8, 4) is 0 Å². The van der Waals surface area contributed by atoms with Gasteiger partial charge in [-0.3, -0.25) is 0 Å². The number of hydrogen-bond donors (Lipinski definition) is 4. The minimum atomic E-state index is 0. The molecular formula is C26H59N2O6SW-. The molecule has 0 aliphatic heterocycles. The van der Waals surface area contributed by atoms with E-state index >= 15 is 0 Å². The Kier molecular flexibility index (Phi) is 58.4. The topological polar surface area (TPSA) is 113 Å². The van der Waals surface area contributed by atoms with Crippen LogP contribution in [0.3, 0.4) is 0 Å². The van der Waals surface area contributed by atoms with E-state index in [4.69, 9.17) is 34.9 Å². The van der Waals surface area contributed by atoms with Crippen molar-refractivity contribution >= 4 is 12.6 Å². The molecule has 36 heavy (non-hydrogen) atoms. The predicted molar refractivity (Wildman–Crippen MR) is 153 cm³/mol. The molecule has 4 N–H and O–H groups in total. The van der Waals surface area contributed by atoms with Crippen molar-refractivity contribution in [1.82, 2.24) is 5.32 Å². The van der Waals surface area contributed by atoms with Gasteiger partial charge in [0.05, 0.1) is 65.6 Å². The van der Waals surface area contributed by atoms with E-state index in [1.54, 1.807) is 6.26 Å². The quantitative estimate of drug-likeness (QED) is 0.101. The van der Waals surface area contributed by atoms with Gasteiger partial charge >= 0.3 is 0 Å². The third kappa shape index (κ3) is 51.2. The molecule has 10 heteroatoms. The normalized spacial score (nSPS) is 12.1. The van der Waals surface area contributed by atoms with Gasteiger partial charge in [0.15, 0.2) is 0 Å². The van der Waals surface area contributed by atoms with Gasteiger partial charge in [-0.15, -0.1) is 12.6 Å². The Labute approximate surface area is 243 Å². The zero-order valence-electron chi connectivity index (χ0n) is 24.2. The van der Waals surface area contributed by atoms with Crippen LogP contribution in [0.2, 0.25) is 0 Å². The number of thiol groups is 1. The molecule has 1 saturated carbocycles. The van der Waals surface area contributed by atoms with Gasteiger partial charge < -0.3 is 40.2 Å². The Hall–Kier alpha value is 0.458. The van der Waals surface area contributed by atoms with E-state index in [9.17, 15) is 0 Å². The van der Waals surface area contributed by atoms with Crippen molar-refractivity contribution in [3.05, 3.63) is 17.9 Å². The van der Waals surface area contributed by atoms with E-state index in [1.165, 1.54) is 19.3 Å². The smallest absolute Gasteiger partial charge is 0.0704 e. The Morgan fingerprint density at radius 2 is 1.33 bits per heavy atom. The first-order chi connectivity index (χ1) is 17.0. The summed E-state index contributed by atoms with van der Waals surface area (Å²) in [7, 11) is 0. The number of nitrogens with one attached hydrogen (secondary N) is 2. The maximum Gasteiger partial charge on any atom is 0.0704 e. The maximum atomic E-state index is 8.42. The van der Waals surface area contributed by atoms with E-state index < -0.39 is 0 Å². The average Bonchev–Trinajstić information content (AvgIpc) is 2.83. The van der Waals surface area contributed by atoms with E-state index in [1.807, 2.05) is 26.0 Å². The van der Waals surface area contributed by atoms with Crippen LogP contribution in [0.1, 0.15) is 60.8 Å². The Balaban J connectivity index is -0.000000129. The minimum Gasteiger partial charge on any atom is -0.674 e. The van der Waals surface area contributed by atoms with Crippen LogP contribution in [-0.4, -0.2) is 101 Å². The average molecular weight is 712 g/mol. The van der Waals surface area contributed by atoms with Gasteiger partial charge in [0.2, 0.25) is 0 Å². The van der Waals surface area contributed by atoms with Gasteiger partial charge in [0.1, 0.15) is 0 Å².